The predicted molar refractivity (Wildman–Crippen MR) is 120 cm³/mol. The lowest BCUT2D eigenvalue weighted by Crippen LogP contribution is -2.46. The first-order valence-corrected chi connectivity index (χ1v) is 10.8. The van der Waals surface area contributed by atoms with Crippen LogP contribution in [0.1, 0.15) is 36.9 Å². The second kappa shape index (κ2) is 10.9. The maximum atomic E-state index is 13.3. The van der Waals surface area contributed by atoms with E-state index in [2.05, 4.69) is 10.2 Å². The topological polar surface area (TPSA) is 69.7 Å². The van der Waals surface area contributed by atoms with E-state index in [1.54, 1.807) is 18.9 Å². The quantitative estimate of drug-likeness (QED) is 0.712. The Balaban J connectivity index is 1.64. The molecule has 0 aliphatic carbocycles. The van der Waals surface area contributed by atoms with Crippen LogP contribution in [0.3, 0.4) is 0 Å². The molecule has 0 aromatic heterocycles. The third-order valence-electron chi connectivity index (χ3n) is 5.85. The van der Waals surface area contributed by atoms with Gasteiger partial charge < -0.3 is 10.2 Å². The minimum atomic E-state index is -0.739. The molecule has 1 aliphatic heterocycles. The number of likely N-dealkylation sites (tertiary alicyclic amines) is 1. The molecule has 3 rings (SSSR count). The second-order valence-electron chi connectivity index (χ2n) is 8.25. The van der Waals surface area contributed by atoms with Crippen molar-refractivity contribution in [3.05, 3.63) is 71.8 Å². The normalized spacial score (nSPS) is 15.8. The van der Waals surface area contributed by atoms with Crippen molar-refractivity contribution in [3.8, 4) is 0 Å². The zero-order chi connectivity index (χ0) is 22.2. The van der Waals surface area contributed by atoms with Crippen LogP contribution in [-0.4, -0.2) is 54.1 Å². The Morgan fingerprint density at radius 2 is 1.58 bits per heavy atom. The number of nitrogens with one attached hydrogen (secondary N) is 1. The number of benzene rings is 2. The Bertz CT molecular complexity index is 877. The van der Waals surface area contributed by atoms with Crippen molar-refractivity contribution in [3.63, 3.8) is 0 Å². The van der Waals surface area contributed by atoms with Gasteiger partial charge in [-0.1, -0.05) is 60.7 Å². The van der Waals surface area contributed by atoms with Gasteiger partial charge in [-0.25, -0.2) is 0 Å². The van der Waals surface area contributed by atoms with E-state index in [0.29, 0.717) is 6.54 Å². The first kappa shape index (κ1) is 22.7. The van der Waals surface area contributed by atoms with Gasteiger partial charge in [0.25, 0.3) is 0 Å². The number of hydrogen-bond acceptors (Lipinski definition) is 4. The van der Waals surface area contributed by atoms with Crippen LogP contribution in [0.4, 0.5) is 0 Å². The van der Waals surface area contributed by atoms with Crippen LogP contribution < -0.4 is 5.32 Å². The first-order chi connectivity index (χ1) is 14.9. The Labute approximate surface area is 184 Å². The van der Waals surface area contributed by atoms with Crippen molar-refractivity contribution in [2.24, 2.45) is 5.92 Å². The van der Waals surface area contributed by atoms with Crippen LogP contribution in [0.2, 0.25) is 0 Å². The van der Waals surface area contributed by atoms with Crippen molar-refractivity contribution in [1.82, 2.24) is 15.1 Å². The molecule has 1 heterocycles. The highest BCUT2D eigenvalue weighted by molar-refractivity contribution is 5.89. The Morgan fingerprint density at radius 1 is 1.00 bits per heavy atom. The summed E-state index contributed by atoms with van der Waals surface area (Å²) >= 11 is 0. The fraction of sp³-hybridized carbons (Fsp3) is 0.400. The molecule has 2 amide bonds. The Kier molecular flexibility index (Phi) is 7.95. The average molecular weight is 422 g/mol. The summed E-state index contributed by atoms with van der Waals surface area (Å²) in [5.74, 6) is -0.0137. The van der Waals surface area contributed by atoms with Gasteiger partial charge in [-0.3, -0.25) is 19.3 Å². The minimum Gasteiger partial charge on any atom is -0.339 e. The molecular weight excluding hydrogens is 390 g/mol. The summed E-state index contributed by atoms with van der Waals surface area (Å²) in [5.41, 5.74) is 1.79. The summed E-state index contributed by atoms with van der Waals surface area (Å²) < 4.78 is 0. The van der Waals surface area contributed by atoms with Gasteiger partial charge in [-0.15, -0.1) is 0 Å². The number of hydrogen-bond donors (Lipinski definition) is 1. The zero-order valence-corrected chi connectivity index (χ0v) is 18.3. The maximum absolute atomic E-state index is 13.3. The summed E-state index contributed by atoms with van der Waals surface area (Å²) in [5, 5.41) is 2.94. The molecule has 0 radical (unpaired) electrons. The third kappa shape index (κ3) is 6.49. The smallest absolute Gasteiger partial charge is 0.249 e. The molecule has 1 fully saturated rings. The molecule has 0 unspecified atom stereocenters. The fourth-order valence-electron chi connectivity index (χ4n) is 4.00. The molecule has 0 saturated carbocycles. The van der Waals surface area contributed by atoms with E-state index in [0.717, 1.165) is 37.1 Å². The molecule has 0 bridgehead atoms. The molecule has 1 aliphatic rings. The van der Waals surface area contributed by atoms with Crippen LogP contribution >= 0.6 is 0 Å². The molecule has 1 atom stereocenters. The van der Waals surface area contributed by atoms with E-state index in [1.807, 2.05) is 60.7 Å². The molecule has 31 heavy (non-hydrogen) atoms. The molecule has 1 saturated heterocycles. The van der Waals surface area contributed by atoms with E-state index in [1.165, 1.54) is 0 Å². The standard InChI is InChI=1S/C25H31N3O3/c1-19(29)21-13-15-28(16-14-21)18-23(30)26-24(22-11-7-4-8-12-22)25(31)27(2)17-20-9-5-3-6-10-20/h3-12,21,24H,13-18H2,1-2H3,(H,26,30)/t24-/m0/s1. The van der Waals surface area contributed by atoms with Crippen molar-refractivity contribution in [1.29, 1.82) is 0 Å². The number of ketones is 1. The lowest BCUT2D eigenvalue weighted by molar-refractivity contribution is -0.136. The summed E-state index contributed by atoms with van der Waals surface area (Å²) in [6.45, 7) is 3.77. The number of Topliss-reactive ketones (excluding diaryl/α,β-unsaturated/α-hetero) is 1. The SMILES string of the molecule is CC(=O)C1CCN(CC(=O)N[C@H](C(=O)N(C)Cc2ccccc2)c2ccccc2)CC1. The molecular formula is C25H31N3O3. The van der Waals surface area contributed by atoms with E-state index in [-0.39, 0.29) is 30.1 Å². The van der Waals surface area contributed by atoms with Crippen molar-refractivity contribution < 1.29 is 14.4 Å². The number of carbonyl (C=O) groups is 3. The van der Waals surface area contributed by atoms with Gasteiger partial charge in [0.15, 0.2) is 0 Å². The van der Waals surface area contributed by atoms with Crippen molar-refractivity contribution in [2.75, 3.05) is 26.7 Å². The van der Waals surface area contributed by atoms with Crippen molar-refractivity contribution >= 4 is 17.6 Å². The number of rotatable bonds is 8. The van der Waals surface area contributed by atoms with Gasteiger partial charge >= 0.3 is 0 Å². The highest BCUT2D eigenvalue weighted by Crippen LogP contribution is 2.19. The number of amides is 2. The van der Waals surface area contributed by atoms with E-state index < -0.39 is 6.04 Å². The Morgan fingerprint density at radius 3 is 2.16 bits per heavy atom. The fourth-order valence-corrected chi connectivity index (χ4v) is 4.00. The van der Waals surface area contributed by atoms with Crippen LogP contribution in [0.15, 0.2) is 60.7 Å². The van der Waals surface area contributed by atoms with Gasteiger partial charge in [0.2, 0.25) is 11.8 Å². The van der Waals surface area contributed by atoms with Gasteiger partial charge in [-0.2, -0.15) is 0 Å². The molecule has 0 spiro atoms. The highest BCUT2D eigenvalue weighted by atomic mass is 16.2. The third-order valence-corrected chi connectivity index (χ3v) is 5.85. The number of carbonyl (C=O) groups excluding carboxylic acids is 3. The maximum Gasteiger partial charge on any atom is 0.249 e. The Hall–Kier alpha value is -2.99. The molecule has 6 nitrogen and oxygen atoms in total. The summed E-state index contributed by atoms with van der Waals surface area (Å²) in [6, 6.07) is 18.4. The largest absolute Gasteiger partial charge is 0.339 e. The molecule has 1 N–H and O–H groups in total. The van der Waals surface area contributed by atoms with Crippen LogP contribution in [0.5, 0.6) is 0 Å². The molecule has 6 heteroatoms. The average Bonchev–Trinajstić information content (AvgIpc) is 2.78. The van der Waals surface area contributed by atoms with E-state index in [4.69, 9.17) is 0 Å². The van der Waals surface area contributed by atoms with Gasteiger partial charge in [0.1, 0.15) is 11.8 Å². The number of piperidine rings is 1. The predicted octanol–water partition coefficient (Wildman–Crippen LogP) is 2.80. The molecule has 164 valence electrons. The van der Waals surface area contributed by atoms with Gasteiger partial charge in [0, 0.05) is 19.5 Å². The van der Waals surface area contributed by atoms with Gasteiger partial charge in [0.05, 0.1) is 6.54 Å². The highest BCUT2D eigenvalue weighted by Gasteiger charge is 2.28. The van der Waals surface area contributed by atoms with Crippen LogP contribution in [-0.2, 0) is 20.9 Å². The monoisotopic (exact) mass is 421 g/mol. The van der Waals surface area contributed by atoms with E-state index >= 15 is 0 Å². The second-order valence-corrected chi connectivity index (χ2v) is 8.25. The summed E-state index contributed by atoms with van der Waals surface area (Å²) in [7, 11) is 1.75. The summed E-state index contributed by atoms with van der Waals surface area (Å²) in [4.78, 5) is 41.3. The lowest BCUT2D eigenvalue weighted by Gasteiger charge is -2.31. The minimum absolute atomic E-state index is 0.101. The number of nitrogens with zero attached hydrogens (tertiary/aromatic N) is 2. The first-order valence-electron chi connectivity index (χ1n) is 10.8. The zero-order valence-electron chi connectivity index (χ0n) is 18.3. The molecule has 2 aromatic carbocycles. The van der Waals surface area contributed by atoms with E-state index in [9.17, 15) is 14.4 Å². The lowest BCUT2D eigenvalue weighted by atomic mass is 9.93. The van der Waals surface area contributed by atoms with Crippen LogP contribution in [0.25, 0.3) is 0 Å². The van der Waals surface area contributed by atoms with Gasteiger partial charge in [-0.05, 0) is 44.0 Å². The number of likely N-dealkylation sites (N-methyl/N-ethyl adjacent to an activating group) is 1. The van der Waals surface area contributed by atoms with Crippen molar-refractivity contribution in [2.45, 2.75) is 32.4 Å². The summed E-state index contributed by atoms with van der Waals surface area (Å²) in [6.07, 6.45) is 1.56. The van der Waals surface area contributed by atoms with Crippen LogP contribution in [0, 0.1) is 5.92 Å². The molecule has 2 aromatic rings.